The molecule has 0 aromatic heterocycles. The molecule has 1 aliphatic heterocycles. The second-order valence-electron chi connectivity index (χ2n) is 5.21. The minimum Gasteiger partial charge on any atom is -0.481 e. The van der Waals surface area contributed by atoms with Gasteiger partial charge in [0.05, 0.1) is 11.7 Å². The van der Waals surface area contributed by atoms with Crippen LogP contribution < -0.4 is 0 Å². The zero-order valence-corrected chi connectivity index (χ0v) is 11.9. The molecule has 0 radical (unpaired) electrons. The van der Waals surface area contributed by atoms with Gasteiger partial charge in [0, 0.05) is 13.1 Å². The molecule has 0 saturated carbocycles. The van der Waals surface area contributed by atoms with Crippen LogP contribution in [0.4, 0.5) is 0 Å². The summed E-state index contributed by atoms with van der Waals surface area (Å²) in [4.78, 5) is 10.9. The van der Waals surface area contributed by atoms with Crippen LogP contribution in [0.3, 0.4) is 0 Å². The van der Waals surface area contributed by atoms with Crippen molar-refractivity contribution >= 4 is 16.0 Å². The van der Waals surface area contributed by atoms with E-state index in [0.29, 0.717) is 19.4 Å². The number of sulfonamides is 1. The third-order valence-corrected chi connectivity index (χ3v) is 5.51. The molecule has 0 spiro atoms. The van der Waals surface area contributed by atoms with E-state index >= 15 is 0 Å². The molecule has 2 atom stereocenters. The highest BCUT2D eigenvalue weighted by Crippen LogP contribution is 2.21. The fraction of sp³-hybridized carbons (Fsp3) is 0.917. The van der Waals surface area contributed by atoms with E-state index in [0.717, 1.165) is 12.8 Å². The number of nitrogens with zero attached hydrogens (tertiary/aromatic N) is 1. The van der Waals surface area contributed by atoms with Gasteiger partial charge in [0.15, 0.2) is 0 Å². The van der Waals surface area contributed by atoms with Gasteiger partial charge >= 0.3 is 5.97 Å². The molecule has 106 valence electrons. The molecule has 18 heavy (non-hydrogen) atoms. The van der Waals surface area contributed by atoms with Crippen LogP contribution in [0.5, 0.6) is 0 Å². The van der Waals surface area contributed by atoms with Crippen molar-refractivity contribution in [3.63, 3.8) is 0 Å². The number of carbonyl (C=O) groups is 1. The molecule has 2 unspecified atom stereocenters. The molecule has 1 heterocycles. The third-order valence-electron chi connectivity index (χ3n) is 3.40. The molecule has 6 heteroatoms. The van der Waals surface area contributed by atoms with Gasteiger partial charge < -0.3 is 5.11 Å². The molecular weight excluding hydrogens is 254 g/mol. The molecule has 0 bridgehead atoms. The standard InChI is InChI=1S/C12H23NO4S/c1-3-5-10(2)9-18(16,17)13-7-4-6-11(8-13)12(14)15/h10-11H,3-9H2,1-2H3,(H,14,15). The first-order valence-electron chi connectivity index (χ1n) is 6.57. The predicted octanol–water partition coefficient (Wildman–Crippen LogP) is 1.55. The fourth-order valence-electron chi connectivity index (χ4n) is 2.44. The number of piperidine rings is 1. The largest absolute Gasteiger partial charge is 0.481 e. The van der Waals surface area contributed by atoms with Crippen LogP contribution in [0.2, 0.25) is 0 Å². The molecule has 5 nitrogen and oxygen atoms in total. The highest BCUT2D eigenvalue weighted by atomic mass is 32.2. The van der Waals surface area contributed by atoms with Crippen LogP contribution in [0.25, 0.3) is 0 Å². The molecular formula is C12H23NO4S. The summed E-state index contributed by atoms with van der Waals surface area (Å²) in [6, 6.07) is 0. The minimum absolute atomic E-state index is 0.130. The van der Waals surface area contributed by atoms with Crippen LogP contribution in [-0.4, -0.2) is 42.6 Å². The maximum Gasteiger partial charge on any atom is 0.307 e. The van der Waals surface area contributed by atoms with Gasteiger partial charge in [0.2, 0.25) is 10.0 Å². The number of hydrogen-bond donors (Lipinski definition) is 1. The maximum absolute atomic E-state index is 12.2. The summed E-state index contributed by atoms with van der Waals surface area (Å²) in [5.74, 6) is -1.18. The Morgan fingerprint density at radius 3 is 2.72 bits per heavy atom. The van der Waals surface area contributed by atoms with E-state index in [1.807, 2.05) is 13.8 Å². The Kier molecular flexibility index (Phi) is 5.59. The Labute approximate surface area is 109 Å². The Morgan fingerprint density at radius 1 is 1.50 bits per heavy atom. The summed E-state index contributed by atoms with van der Waals surface area (Å²) < 4.78 is 25.7. The lowest BCUT2D eigenvalue weighted by atomic mass is 10.0. The Bertz CT molecular complexity index is 380. The molecule has 1 rings (SSSR count). The van der Waals surface area contributed by atoms with E-state index in [9.17, 15) is 13.2 Å². The van der Waals surface area contributed by atoms with Crippen molar-refractivity contribution in [1.82, 2.24) is 4.31 Å². The quantitative estimate of drug-likeness (QED) is 0.799. The van der Waals surface area contributed by atoms with Crippen LogP contribution >= 0.6 is 0 Å². The first-order chi connectivity index (χ1) is 8.36. The molecule has 0 aliphatic carbocycles. The average Bonchev–Trinajstić information content (AvgIpc) is 2.28. The highest BCUT2D eigenvalue weighted by molar-refractivity contribution is 7.89. The van der Waals surface area contributed by atoms with Crippen LogP contribution in [0.15, 0.2) is 0 Å². The number of rotatable bonds is 6. The average molecular weight is 277 g/mol. The van der Waals surface area contributed by atoms with Gasteiger partial charge in [-0.3, -0.25) is 4.79 Å². The van der Waals surface area contributed by atoms with Gasteiger partial charge in [-0.05, 0) is 25.2 Å². The van der Waals surface area contributed by atoms with E-state index in [1.54, 1.807) is 0 Å². The topological polar surface area (TPSA) is 74.7 Å². The second-order valence-corrected chi connectivity index (χ2v) is 7.22. The highest BCUT2D eigenvalue weighted by Gasteiger charge is 2.32. The van der Waals surface area contributed by atoms with E-state index in [4.69, 9.17) is 5.11 Å². The Balaban J connectivity index is 2.64. The van der Waals surface area contributed by atoms with Gasteiger partial charge in [-0.1, -0.05) is 20.3 Å². The lowest BCUT2D eigenvalue weighted by molar-refractivity contribution is -0.142. The molecule has 1 N–H and O–H groups in total. The second kappa shape index (κ2) is 6.52. The van der Waals surface area contributed by atoms with Crippen molar-refractivity contribution in [2.24, 2.45) is 11.8 Å². The molecule has 0 amide bonds. The van der Waals surface area contributed by atoms with Crippen molar-refractivity contribution in [1.29, 1.82) is 0 Å². The number of aliphatic carboxylic acids is 1. The SMILES string of the molecule is CCCC(C)CS(=O)(=O)N1CCCC(C(=O)O)C1. The zero-order valence-electron chi connectivity index (χ0n) is 11.1. The normalized spacial score (nSPS) is 23.8. The summed E-state index contributed by atoms with van der Waals surface area (Å²) in [5, 5.41) is 8.97. The van der Waals surface area contributed by atoms with Gasteiger partial charge in [-0.2, -0.15) is 0 Å². The van der Waals surface area contributed by atoms with Crippen LogP contribution in [-0.2, 0) is 14.8 Å². The van der Waals surface area contributed by atoms with Gasteiger partial charge in [-0.25, -0.2) is 12.7 Å². The minimum atomic E-state index is -3.30. The van der Waals surface area contributed by atoms with Crippen molar-refractivity contribution in [3.8, 4) is 0 Å². The maximum atomic E-state index is 12.2. The predicted molar refractivity (Wildman–Crippen MR) is 69.8 cm³/mol. The van der Waals surface area contributed by atoms with Crippen molar-refractivity contribution in [3.05, 3.63) is 0 Å². The van der Waals surface area contributed by atoms with Crippen LogP contribution in [0, 0.1) is 11.8 Å². The van der Waals surface area contributed by atoms with Gasteiger partial charge in [0.1, 0.15) is 0 Å². The van der Waals surface area contributed by atoms with Gasteiger partial charge in [0.25, 0.3) is 0 Å². The smallest absolute Gasteiger partial charge is 0.307 e. The van der Waals surface area contributed by atoms with E-state index < -0.39 is 21.9 Å². The first-order valence-corrected chi connectivity index (χ1v) is 8.18. The van der Waals surface area contributed by atoms with Gasteiger partial charge in [-0.15, -0.1) is 0 Å². The third kappa shape index (κ3) is 4.24. The fourth-order valence-corrected chi connectivity index (χ4v) is 4.35. The van der Waals surface area contributed by atoms with E-state index in [-0.39, 0.29) is 18.2 Å². The Morgan fingerprint density at radius 2 is 2.17 bits per heavy atom. The summed E-state index contributed by atoms with van der Waals surface area (Å²) in [5.41, 5.74) is 0. The lowest BCUT2D eigenvalue weighted by Crippen LogP contribution is -2.44. The summed E-state index contributed by atoms with van der Waals surface area (Å²) >= 11 is 0. The van der Waals surface area contributed by atoms with Crippen molar-refractivity contribution < 1.29 is 18.3 Å². The number of carboxylic acid groups (broad SMARTS) is 1. The molecule has 0 aromatic carbocycles. The van der Waals surface area contributed by atoms with Crippen molar-refractivity contribution in [2.75, 3.05) is 18.8 Å². The molecule has 1 aliphatic rings. The summed E-state index contributed by atoms with van der Waals surface area (Å²) in [6.07, 6.45) is 3.06. The summed E-state index contributed by atoms with van der Waals surface area (Å²) in [7, 11) is -3.30. The molecule has 1 saturated heterocycles. The van der Waals surface area contributed by atoms with E-state index in [2.05, 4.69) is 0 Å². The zero-order chi connectivity index (χ0) is 13.8. The van der Waals surface area contributed by atoms with E-state index in [1.165, 1.54) is 4.31 Å². The lowest BCUT2D eigenvalue weighted by Gasteiger charge is -2.30. The number of carboxylic acids is 1. The number of hydrogen-bond acceptors (Lipinski definition) is 3. The Hall–Kier alpha value is -0.620. The monoisotopic (exact) mass is 277 g/mol. The van der Waals surface area contributed by atoms with Crippen LogP contribution in [0.1, 0.15) is 39.5 Å². The first kappa shape index (κ1) is 15.4. The summed E-state index contributed by atoms with van der Waals surface area (Å²) in [6.45, 7) is 4.56. The van der Waals surface area contributed by atoms with Crippen molar-refractivity contribution in [2.45, 2.75) is 39.5 Å². The molecule has 1 fully saturated rings. The molecule has 0 aromatic rings.